The summed E-state index contributed by atoms with van der Waals surface area (Å²) in [6.45, 7) is 4.55. The smallest absolute Gasteiger partial charge is 0.318 e. The first kappa shape index (κ1) is 29.5. The third-order valence-corrected chi connectivity index (χ3v) is 7.26. The van der Waals surface area contributed by atoms with E-state index in [0.717, 1.165) is 31.2 Å². The number of methoxy groups -OCH3 is 2. The Balaban J connectivity index is 1.91. The second kappa shape index (κ2) is 14.2. The van der Waals surface area contributed by atoms with Gasteiger partial charge in [0.2, 0.25) is 11.8 Å². The maximum absolute atomic E-state index is 13.9. The van der Waals surface area contributed by atoms with Crippen molar-refractivity contribution in [2.24, 2.45) is 5.92 Å². The number of carbonyl (C=O) groups is 3. The first-order valence-electron chi connectivity index (χ1n) is 13.7. The van der Waals surface area contributed by atoms with Gasteiger partial charge in [0.05, 0.1) is 26.9 Å². The lowest BCUT2D eigenvalue weighted by Gasteiger charge is -2.47. The van der Waals surface area contributed by atoms with E-state index in [1.54, 1.807) is 30.1 Å². The van der Waals surface area contributed by atoms with Gasteiger partial charge in [0.25, 0.3) is 0 Å². The van der Waals surface area contributed by atoms with Crippen molar-refractivity contribution in [1.29, 1.82) is 0 Å². The van der Waals surface area contributed by atoms with Crippen molar-refractivity contribution >= 4 is 17.8 Å². The number of piperazine rings is 1. The molecule has 1 aliphatic carbocycles. The number of carbonyl (C=O) groups excluding carboxylic acids is 3. The number of nitrogens with one attached hydrogen (secondary N) is 2. The molecule has 2 fully saturated rings. The molecule has 3 rings (SSSR count). The van der Waals surface area contributed by atoms with Gasteiger partial charge in [-0.25, -0.2) is 4.79 Å². The van der Waals surface area contributed by atoms with E-state index in [0.29, 0.717) is 24.5 Å². The molecule has 0 spiro atoms. The van der Waals surface area contributed by atoms with Crippen LogP contribution in [0, 0.1) is 5.92 Å². The van der Waals surface area contributed by atoms with Gasteiger partial charge in [-0.05, 0) is 42.9 Å². The second-order valence-corrected chi connectivity index (χ2v) is 10.7. The van der Waals surface area contributed by atoms with Gasteiger partial charge in [-0.3, -0.25) is 9.59 Å². The van der Waals surface area contributed by atoms with E-state index >= 15 is 0 Å². The first-order valence-corrected chi connectivity index (χ1v) is 13.7. The van der Waals surface area contributed by atoms with Crippen molar-refractivity contribution in [1.82, 2.24) is 20.4 Å². The molecule has 10 heteroatoms. The molecule has 2 atom stereocenters. The topological polar surface area (TPSA) is 120 Å². The Labute approximate surface area is 226 Å². The zero-order valence-electron chi connectivity index (χ0n) is 23.2. The molecule has 1 heterocycles. The number of hydrogen-bond donors (Lipinski definition) is 3. The van der Waals surface area contributed by atoms with Crippen LogP contribution < -0.4 is 20.1 Å². The Kier molecular flexibility index (Phi) is 11.1. The van der Waals surface area contributed by atoms with Gasteiger partial charge in [-0.1, -0.05) is 33.1 Å². The zero-order chi connectivity index (χ0) is 27.7. The molecule has 1 aromatic rings. The quantitative estimate of drug-likeness (QED) is 0.403. The van der Waals surface area contributed by atoms with E-state index in [4.69, 9.17) is 14.6 Å². The van der Waals surface area contributed by atoms with Crippen molar-refractivity contribution in [3.8, 4) is 11.5 Å². The summed E-state index contributed by atoms with van der Waals surface area (Å²) >= 11 is 0. The summed E-state index contributed by atoms with van der Waals surface area (Å²) in [5, 5.41) is 15.0. The largest absolute Gasteiger partial charge is 0.497 e. The second-order valence-electron chi connectivity index (χ2n) is 10.7. The molecule has 0 aromatic heterocycles. The highest BCUT2D eigenvalue weighted by Crippen LogP contribution is 2.29. The molecule has 1 aromatic carbocycles. The van der Waals surface area contributed by atoms with Gasteiger partial charge in [-0.15, -0.1) is 0 Å². The average Bonchev–Trinajstić information content (AvgIpc) is 2.90. The number of aliphatic hydroxyl groups is 1. The highest BCUT2D eigenvalue weighted by atomic mass is 16.5. The minimum atomic E-state index is -0.685. The van der Waals surface area contributed by atoms with Crippen molar-refractivity contribution in [3.05, 3.63) is 23.8 Å². The lowest BCUT2D eigenvalue weighted by atomic mass is 9.93. The maximum Gasteiger partial charge on any atom is 0.318 e. The molecular formula is C28H44N4O6. The Bertz CT molecular complexity index is 927. The number of amides is 4. The lowest BCUT2D eigenvalue weighted by Crippen LogP contribution is -2.66. The predicted octanol–water partition coefficient (Wildman–Crippen LogP) is 2.67. The van der Waals surface area contributed by atoms with E-state index in [-0.39, 0.29) is 55.9 Å². The highest BCUT2D eigenvalue weighted by Gasteiger charge is 2.44. The Morgan fingerprint density at radius 2 is 1.74 bits per heavy atom. The summed E-state index contributed by atoms with van der Waals surface area (Å²) in [6.07, 6.45) is 5.69. The molecule has 2 unspecified atom stereocenters. The average molecular weight is 533 g/mol. The fourth-order valence-corrected chi connectivity index (χ4v) is 5.45. The fourth-order valence-electron chi connectivity index (χ4n) is 5.45. The summed E-state index contributed by atoms with van der Waals surface area (Å²) in [5.74, 6) is 1.01. The molecule has 4 amide bonds. The number of urea groups is 1. The van der Waals surface area contributed by atoms with Crippen LogP contribution in [0.25, 0.3) is 0 Å². The molecule has 2 aliphatic rings. The highest BCUT2D eigenvalue weighted by molar-refractivity contribution is 5.89. The minimum absolute atomic E-state index is 0.0396. The van der Waals surface area contributed by atoms with Crippen molar-refractivity contribution in [2.75, 3.05) is 33.9 Å². The summed E-state index contributed by atoms with van der Waals surface area (Å²) in [7, 11) is 3.15. The molecule has 38 heavy (non-hydrogen) atoms. The van der Waals surface area contributed by atoms with Gasteiger partial charge in [0.1, 0.15) is 17.5 Å². The van der Waals surface area contributed by atoms with E-state index in [1.165, 1.54) is 6.42 Å². The third-order valence-electron chi connectivity index (χ3n) is 7.26. The number of rotatable bonds is 11. The van der Waals surface area contributed by atoms with E-state index < -0.39 is 12.1 Å². The minimum Gasteiger partial charge on any atom is -0.497 e. The van der Waals surface area contributed by atoms with Crippen molar-refractivity contribution < 1.29 is 29.0 Å². The van der Waals surface area contributed by atoms with E-state index in [1.807, 2.05) is 26.0 Å². The van der Waals surface area contributed by atoms with Gasteiger partial charge in [0, 0.05) is 38.2 Å². The molecule has 10 nitrogen and oxygen atoms in total. The molecule has 0 bridgehead atoms. The number of ether oxygens (including phenoxy) is 2. The maximum atomic E-state index is 13.9. The summed E-state index contributed by atoms with van der Waals surface area (Å²) in [5.41, 5.74) is 0.835. The Hall–Kier alpha value is -3.01. The number of nitrogens with zero attached hydrogens (tertiary/aromatic N) is 2. The summed E-state index contributed by atoms with van der Waals surface area (Å²) in [6, 6.07) is 4.10. The molecule has 3 N–H and O–H groups in total. The van der Waals surface area contributed by atoms with Crippen LogP contribution in [0.5, 0.6) is 11.5 Å². The van der Waals surface area contributed by atoms with Crippen LogP contribution in [0.2, 0.25) is 0 Å². The molecule has 1 saturated heterocycles. The Morgan fingerprint density at radius 3 is 2.32 bits per heavy atom. The number of benzene rings is 1. The fraction of sp³-hybridized carbons (Fsp3) is 0.679. The monoisotopic (exact) mass is 532 g/mol. The van der Waals surface area contributed by atoms with Crippen molar-refractivity contribution in [3.63, 3.8) is 0 Å². The number of hydrogen-bond acceptors (Lipinski definition) is 6. The lowest BCUT2D eigenvalue weighted by molar-refractivity contribution is -0.145. The standard InChI is InChI=1S/C28H44N4O6/c1-19(2)12-25-27(35)31(17-20-13-23(37-3)16-24(14-20)38-4)18-22(15-26(34)29-10-11-33)32(25)28(36)30-21-8-6-5-7-9-21/h13-14,16,19,21-22,25,33H,5-12,15,17-18H2,1-4H3,(H,29,34)(H,30,36). The predicted molar refractivity (Wildman–Crippen MR) is 144 cm³/mol. The summed E-state index contributed by atoms with van der Waals surface area (Å²) < 4.78 is 10.8. The SMILES string of the molecule is COc1cc(CN2CC(CC(=O)NCCO)N(C(=O)NC3CCCCC3)C(CC(C)C)C2=O)cc(OC)c1. The van der Waals surface area contributed by atoms with Crippen LogP contribution in [0.15, 0.2) is 18.2 Å². The van der Waals surface area contributed by atoms with Crippen LogP contribution >= 0.6 is 0 Å². The first-order chi connectivity index (χ1) is 18.2. The third kappa shape index (κ3) is 7.99. The van der Waals surface area contributed by atoms with E-state index in [9.17, 15) is 14.4 Å². The molecule has 0 radical (unpaired) electrons. The van der Waals surface area contributed by atoms with Crippen LogP contribution in [0.1, 0.15) is 64.4 Å². The molecular weight excluding hydrogens is 488 g/mol. The van der Waals surface area contributed by atoms with Crippen LogP contribution in [-0.2, 0) is 16.1 Å². The molecule has 212 valence electrons. The van der Waals surface area contributed by atoms with Gasteiger partial charge < -0.3 is 35.0 Å². The molecule has 1 aliphatic heterocycles. The van der Waals surface area contributed by atoms with Gasteiger partial charge in [-0.2, -0.15) is 0 Å². The van der Waals surface area contributed by atoms with Crippen LogP contribution in [-0.4, -0.2) is 84.8 Å². The van der Waals surface area contributed by atoms with E-state index in [2.05, 4.69) is 10.6 Å². The number of aliphatic hydroxyl groups excluding tert-OH is 1. The van der Waals surface area contributed by atoms with Crippen LogP contribution in [0.4, 0.5) is 4.79 Å². The van der Waals surface area contributed by atoms with Gasteiger partial charge in [0.15, 0.2) is 0 Å². The van der Waals surface area contributed by atoms with Gasteiger partial charge >= 0.3 is 6.03 Å². The van der Waals surface area contributed by atoms with Crippen molar-refractivity contribution in [2.45, 2.75) is 83.5 Å². The zero-order valence-corrected chi connectivity index (χ0v) is 23.2. The normalized spacial score (nSPS) is 20.4. The van der Waals surface area contributed by atoms with Crippen LogP contribution in [0.3, 0.4) is 0 Å². The summed E-state index contributed by atoms with van der Waals surface area (Å²) in [4.78, 5) is 43.7. The molecule has 1 saturated carbocycles. The Morgan fingerprint density at radius 1 is 1.08 bits per heavy atom.